The largest absolute Gasteiger partial charge is 0.385 e. The number of unbranched alkanes of at least 4 members (excludes halogenated alkanes) is 2. The molecule has 0 saturated heterocycles. The number of hydrogen-bond acceptors (Lipinski definition) is 2. The van der Waals surface area contributed by atoms with Crippen molar-refractivity contribution in [1.82, 2.24) is 10.6 Å². The van der Waals surface area contributed by atoms with Gasteiger partial charge in [-0.2, -0.15) is 0 Å². The van der Waals surface area contributed by atoms with Gasteiger partial charge in [-0.15, -0.1) is 0 Å². The Hall–Kier alpha value is -0.350. The normalized spacial score (nSPS) is 9.86. The van der Waals surface area contributed by atoms with E-state index in [4.69, 9.17) is 17.0 Å². The minimum absolute atomic E-state index is 0.761. The molecule has 2 N–H and O–H groups in total. The highest BCUT2D eigenvalue weighted by Gasteiger charge is 1.93. The fourth-order valence-corrected chi connectivity index (χ4v) is 1.26. The second-order valence-electron chi connectivity index (χ2n) is 3.24. The van der Waals surface area contributed by atoms with Crippen molar-refractivity contribution in [2.75, 3.05) is 26.8 Å². The molecule has 0 spiro atoms. The lowest BCUT2D eigenvalue weighted by Gasteiger charge is -2.09. The Morgan fingerprint density at radius 1 is 1.14 bits per heavy atom. The van der Waals surface area contributed by atoms with Crippen LogP contribution in [0.1, 0.15) is 32.6 Å². The highest BCUT2D eigenvalue weighted by atomic mass is 32.1. The van der Waals surface area contributed by atoms with Crippen LogP contribution in [0.4, 0.5) is 0 Å². The second-order valence-corrected chi connectivity index (χ2v) is 3.64. The standard InChI is InChI=1S/C10H22N2OS/c1-3-4-5-7-11-10(14)12-8-6-9-13-2/h3-9H2,1-2H3,(H2,11,12,14). The molecule has 0 saturated carbocycles. The van der Waals surface area contributed by atoms with Crippen LogP contribution >= 0.6 is 12.2 Å². The Morgan fingerprint density at radius 2 is 1.79 bits per heavy atom. The third kappa shape index (κ3) is 9.74. The summed E-state index contributed by atoms with van der Waals surface area (Å²) in [6, 6.07) is 0. The number of ether oxygens (including phenoxy) is 1. The van der Waals surface area contributed by atoms with Gasteiger partial charge in [0.1, 0.15) is 0 Å². The van der Waals surface area contributed by atoms with Crippen LogP contribution in [0.2, 0.25) is 0 Å². The molecule has 4 heteroatoms. The Morgan fingerprint density at radius 3 is 2.36 bits per heavy atom. The smallest absolute Gasteiger partial charge is 0.166 e. The van der Waals surface area contributed by atoms with Crippen molar-refractivity contribution in [2.45, 2.75) is 32.6 Å². The predicted octanol–water partition coefficient (Wildman–Crippen LogP) is 1.68. The molecule has 0 bridgehead atoms. The van der Waals surface area contributed by atoms with E-state index < -0.39 is 0 Å². The molecule has 3 nitrogen and oxygen atoms in total. The summed E-state index contributed by atoms with van der Waals surface area (Å²) in [5.41, 5.74) is 0. The zero-order chi connectivity index (χ0) is 10.6. The van der Waals surface area contributed by atoms with Gasteiger partial charge in [0.15, 0.2) is 5.11 Å². The molecule has 0 rings (SSSR count). The van der Waals surface area contributed by atoms with E-state index in [9.17, 15) is 0 Å². The van der Waals surface area contributed by atoms with Crippen LogP contribution in [0, 0.1) is 0 Å². The summed E-state index contributed by atoms with van der Waals surface area (Å²) >= 11 is 5.09. The molecule has 0 unspecified atom stereocenters. The van der Waals surface area contributed by atoms with Crippen LogP contribution in [0.5, 0.6) is 0 Å². The highest BCUT2D eigenvalue weighted by molar-refractivity contribution is 7.80. The molecular weight excluding hydrogens is 196 g/mol. The van der Waals surface area contributed by atoms with Gasteiger partial charge in [-0.05, 0) is 25.1 Å². The number of methoxy groups -OCH3 is 1. The van der Waals surface area contributed by atoms with E-state index in [1.54, 1.807) is 7.11 Å². The first-order valence-corrected chi connectivity index (χ1v) is 5.72. The molecular formula is C10H22N2OS. The molecule has 0 fully saturated rings. The SMILES string of the molecule is CCCCCNC(=S)NCCCOC. The molecule has 0 aromatic heterocycles. The van der Waals surface area contributed by atoms with E-state index in [1.165, 1.54) is 19.3 Å². The van der Waals surface area contributed by atoms with E-state index in [0.717, 1.165) is 31.2 Å². The van der Waals surface area contributed by atoms with Gasteiger partial charge in [-0.25, -0.2) is 0 Å². The third-order valence-corrected chi connectivity index (χ3v) is 2.17. The first-order valence-electron chi connectivity index (χ1n) is 5.32. The van der Waals surface area contributed by atoms with Crippen molar-refractivity contribution in [3.63, 3.8) is 0 Å². The number of nitrogens with one attached hydrogen (secondary N) is 2. The quantitative estimate of drug-likeness (QED) is 0.480. The van der Waals surface area contributed by atoms with Crippen molar-refractivity contribution in [1.29, 1.82) is 0 Å². The molecule has 0 atom stereocenters. The van der Waals surface area contributed by atoms with E-state index in [1.807, 2.05) is 0 Å². The minimum atomic E-state index is 0.761. The van der Waals surface area contributed by atoms with Gasteiger partial charge in [0.2, 0.25) is 0 Å². The fourth-order valence-electron chi connectivity index (χ4n) is 1.06. The van der Waals surface area contributed by atoms with Crippen molar-refractivity contribution >= 4 is 17.3 Å². The van der Waals surface area contributed by atoms with Gasteiger partial charge in [0, 0.05) is 26.8 Å². The average molecular weight is 218 g/mol. The molecule has 0 aliphatic carbocycles. The highest BCUT2D eigenvalue weighted by Crippen LogP contribution is 1.90. The average Bonchev–Trinajstić information content (AvgIpc) is 2.19. The molecule has 84 valence electrons. The maximum atomic E-state index is 5.09. The molecule has 0 radical (unpaired) electrons. The third-order valence-electron chi connectivity index (χ3n) is 1.88. The minimum Gasteiger partial charge on any atom is -0.385 e. The Bertz CT molecular complexity index is 128. The van der Waals surface area contributed by atoms with Crippen LogP contribution in [0.3, 0.4) is 0 Å². The molecule has 0 aromatic rings. The van der Waals surface area contributed by atoms with Crippen LogP contribution in [0.25, 0.3) is 0 Å². The summed E-state index contributed by atoms with van der Waals surface area (Å²) in [5, 5.41) is 7.07. The molecule has 14 heavy (non-hydrogen) atoms. The van der Waals surface area contributed by atoms with Crippen molar-refractivity contribution < 1.29 is 4.74 Å². The van der Waals surface area contributed by atoms with Gasteiger partial charge >= 0.3 is 0 Å². The maximum absolute atomic E-state index is 5.09. The maximum Gasteiger partial charge on any atom is 0.166 e. The Kier molecular flexibility index (Phi) is 10.5. The Balaban J connectivity index is 3.11. The van der Waals surface area contributed by atoms with E-state index in [-0.39, 0.29) is 0 Å². The van der Waals surface area contributed by atoms with Gasteiger partial charge in [0.05, 0.1) is 0 Å². The van der Waals surface area contributed by atoms with Crippen LogP contribution < -0.4 is 10.6 Å². The first kappa shape index (κ1) is 13.7. The predicted molar refractivity (Wildman–Crippen MR) is 64.6 cm³/mol. The van der Waals surface area contributed by atoms with Gasteiger partial charge in [-0.1, -0.05) is 19.8 Å². The summed E-state index contributed by atoms with van der Waals surface area (Å²) < 4.78 is 4.93. The number of hydrogen-bond donors (Lipinski definition) is 2. The number of rotatable bonds is 8. The zero-order valence-electron chi connectivity index (χ0n) is 9.27. The lowest BCUT2D eigenvalue weighted by molar-refractivity contribution is 0.195. The van der Waals surface area contributed by atoms with Crippen LogP contribution in [-0.2, 0) is 4.74 Å². The van der Waals surface area contributed by atoms with Crippen LogP contribution in [-0.4, -0.2) is 31.9 Å². The first-order chi connectivity index (χ1) is 6.81. The molecule has 0 aromatic carbocycles. The van der Waals surface area contributed by atoms with Gasteiger partial charge < -0.3 is 15.4 Å². The second kappa shape index (κ2) is 10.7. The molecule has 0 aliphatic heterocycles. The summed E-state index contributed by atoms with van der Waals surface area (Å²) in [5.74, 6) is 0. The van der Waals surface area contributed by atoms with Gasteiger partial charge in [-0.3, -0.25) is 0 Å². The topological polar surface area (TPSA) is 33.3 Å². The molecule has 0 amide bonds. The summed E-state index contributed by atoms with van der Waals surface area (Å²) in [6.07, 6.45) is 4.69. The van der Waals surface area contributed by atoms with E-state index >= 15 is 0 Å². The lowest BCUT2D eigenvalue weighted by atomic mass is 10.2. The van der Waals surface area contributed by atoms with Crippen molar-refractivity contribution in [2.24, 2.45) is 0 Å². The van der Waals surface area contributed by atoms with Crippen LogP contribution in [0.15, 0.2) is 0 Å². The number of thiocarbonyl (C=S) groups is 1. The molecule has 0 heterocycles. The lowest BCUT2D eigenvalue weighted by Crippen LogP contribution is -2.36. The van der Waals surface area contributed by atoms with Crippen molar-refractivity contribution in [3.8, 4) is 0 Å². The monoisotopic (exact) mass is 218 g/mol. The zero-order valence-corrected chi connectivity index (χ0v) is 10.1. The fraction of sp³-hybridized carbons (Fsp3) is 0.900. The summed E-state index contributed by atoms with van der Waals surface area (Å²) in [4.78, 5) is 0. The Labute approximate surface area is 92.6 Å². The summed E-state index contributed by atoms with van der Waals surface area (Å²) in [6.45, 7) is 4.84. The van der Waals surface area contributed by atoms with E-state index in [2.05, 4.69) is 17.6 Å². The molecule has 0 aliphatic rings. The summed E-state index contributed by atoms with van der Waals surface area (Å²) in [7, 11) is 1.71. The van der Waals surface area contributed by atoms with E-state index in [0.29, 0.717) is 0 Å². The van der Waals surface area contributed by atoms with Crippen molar-refractivity contribution in [3.05, 3.63) is 0 Å². The van der Waals surface area contributed by atoms with Gasteiger partial charge in [0.25, 0.3) is 0 Å².